The molecule has 0 aliphatic heterocycles. The third-order valence-corrected chi connectivity index (χ3v) is 3.53. The lowest BCUT2D eigenvalue weighted by Crippen LogP contribution is -2.37. The molecular formula is C15H25IN4S. The number of hydrogen-bond donors (Lipinski definition) is 2. The highest BCUT2D eigenvalue weighted by Crippen LogP contribution is 2.23. The topological polar surface area (TPSA) is 49.3 Å². The van der Waals surface area contributed by atoms with Gasteiger partial charge in [0.05, 0.1) is 17.2 Å². The minimum Gasteiger partial charge on any atom is -0.357 e. The van der Waals surface area contributed by atoms with E-state index in [0.717, 1.165) is 29.6 Å². The first-order chi connectivity index (χ1) is 9.47. The average molecular weight is 420 g/mol. The Bertz CT molecular complexity index is 483. The summed E-state index contributed by atoms with van der Waals surface area (Å²) in [5.41, 5.74) is 1.26. The van der Waals surface area contributed by atoms with Crippen molar-refractivity contribution in [3.8, 4) is 12.3 Å². The van der Waals surface area contributed by atoms with Gasteiger partial charge in [0.1, 0.15) is 0 Å². The van der Waals surface area contributed by atoms with Crippen LogP contribution in [0.15, 0.2) is 10.4 Å². The molecule has 0 spiro atoms. The molecule has 118 valence electrons. The van der Waals surface area contributed by atoms with Crippen LogP contribution in [0.2, 0.25) is 0 Å². The Balaban J connectivity index is 0.00000400. The fourth-order valence-corrected chi connectivity index (χ4v) is 2.52. The summed E-state index contributed by atoms with van der Waals surface area (Å²) in [5.74, 6) is 3.30. The molecule has 0 atom stereocenters. The molecule has 0 aromatic carbocycles. The van der Waals surface area contributed by atoms with Crippen molar-refractivity contribution in [2.75, 3.05) is 19.6 Å². The lowest BCUT2D eigenvalue weighted by molar-refractivity contribution is 0.571. The van der Waals surface area contributed by atoms with E-state index in [1.165, 1.54) is 0 Å². The molecule has 0 bridgehead atoms. The Labute approximate surface area is 149 Å². The van der Waals surface area contributed by atoms with Gasteiger partial charge in [0.15, 0.2) is 5.96 Å². The first-order valence-corrected chi connectivity index (χ1v) is 7.76. The maximum atomic E-state index is 5.23. The van der Waals surface area contributed by atoms with Crippen LogP contribution in [0.5, 0.6) is 0 Å². The van der Waals surface area contributed by atoms with E-state index >= 15 is 0 Å². The van der Waals surface area contributed by atoms with Gasteiger partial charge in [-0.1, -0.05) is 26.7 Å². The van der Waals surface area contributed by atoms with Crippen molar-refractivity contribution in [1.29, 1.82) is 0 Å². The number of hydrogen-bond acceptors (Lipinski definition) is 3. The van der Waals surface area contributed by atoms with Crippen molar-refractivity contribution >= 4 is 41.3 Å². The maximum Gasteiger partial charge on any atom is 0.192 e. The molecule has 0 saturated heterocycles. The lowest BCUT2D eigenvalue weighted by atomic mass is 9.93. The van der Waals surface area contributed by atoms with Crippen molar-refractivity contribution in [3.63, 3.8) is 0 Å². The summed E-state index contributed by atoms with van der Waals surface area (Å²) in [4.78, 5) is 9.15. The molecule has 0 aliphatic carbocycles. The number of nitrogens with zero attached hydrogens (tertiary/aromatic N) is 2. The van der Waals surface area contributed by atoms with Crippen LogP contribution in [-0.4, -0.2) is 30.6 Å². The summed E-state index contributed by atoms with van der Waals surface area (Å²) in [6.07, 6.45) is 6.09. The van der Waals surface area contributed by atoms with Crippen LogP contribution >= 0.6 is 35.3 Å². The number of terminal acetylenes is 1. The number of thiazole rings is 1. The smallest absolute Gasteiger partial charge is 0.192 e. The normalized spacial score (nSPS) is 11.5. The van der Waals surface area contributed by atoms with E-state index in [1.54, 1.807) is 11.3 Å². The second-order valence-electron chi connectivity index (χ2n) is 5.44. The maximum absolute atomic E-state index is 5.23. The third-order valence-electron chi connectivity index (χ3n) is 2.62. The molecule has 1 aromatic rings. The van der Waals surface area contributed by atoms with Crippen molar-refractivity contribution in [1.82, 2.24) is 15.6 Å². The van der Waals surface area contributed by atoms with Crippen LogP contribution in [0.4, 0.5) is 0 Å². The van der Waals surface area contributed by atoms with Crippen LogP contribution in [0.3, 0.4) is 0 Å². The van der Waals surface area contributed by atoms with Crippen molar-refractivity contribution in [3.05, 3.63) is 16.1 Å². The molecule has 1 aromatic heterocycles. The van der Waals surface area contributed by atoms with E-state index in [4.69, 9.17) is 6.42 Å². The fourth-order valence-electron chi connectivity index (χ4n) is 1.51. The molecule has 0 unspecified atom stereocenters. The number of aromatic nitrogens is 1. The second kappa shape index (κ2) is 10.0. The number of rotatable bonds is 5. The highest BCUT2D eigenvalue weighted by molar-refractivity contribution is 14.0. The third kappa shape index (κ3) is 7.67. The summed E-state index contributed by atoms with van der Waals surface area (Å²) in [6.45, 7) is 10.6. The van der Waals surface area contributed by atoms with Crippen LogP contribution in [0.1, 0.15) is 38.4 Å². The molecule has 1 heterocycles. The zero-order valence-electron chi connectivity index (χ0n) is 13.2. The molecule has 0 radical (unpaired) electrons. The van der Waals surface area contributed by atoms with Crippen LogP contribution in [0.25, 0.3) is 0 Å². The van der Waals surface area contributed by atoms with E-state index in [0.29, 0.717) is 13.1 Å². The van der Waals surface area contributed by atoms with Gasteiger partial charge in [-0.05, 0) is 6.92 Å². The predicted molar refractivity (Wildman–Crippen MR) is 103 cm³/mol. The Morgan fingerprint density at radius 2 is 2.14 bits per heavy atom. The highest BCUT2D eigenvalue weighted by atomic mass is 127. The largest absolute Gasteiger partial charge is 0.357 e. The molecule has 1 rings (SSSR count). The van der Waals surface area contributed by atoms with E-state index in [2.05, 4.69) is 52.7 Å². The first kappa shape index (κ1) is 20.2. The summed E-state index contributed by atoms with van der Waals surface area (Å²) in [7, 11) is 0. The number of halogens is 1. The Morgan fingerprint density at radius 1 is 1.43 bits per heavy atom. The van der Waals surface area contributed by atoms with Gasteiger partial charge in [0.2, 0.25) is 0 Å². The Kier molecular flexibility index (Phi) is 9.62. The van der Waals surface area contributed by atoms with Crippen molar-refractivity contribution in [2.24, 2.45) is 4.99 Å². The van der Waals surface area contributed by atoms with Gasteiger partial charge in [-0.25, -0.2) is 4.98 Å². The molecule has 0 fully saturated rings. The second-order valence-corrected chi connectivity index (χ2v) is 6.39. The molecule has 21 heavy (non-hydrogen) atoms. The summed E-state index contributed by atoms with van der Waals surface area (Å²) >= 11 is 1.71. The molecule has 6 heteroatoms. The molecule has 0 amide bonds. The fraction of sp³-hybridized carbons (Fsp3) is 0.600. The van der Waals surface area contributed by atoms with Crippen LogP contribution in [-0.2, 0) is 11.8 Å². The average Bonchev–Trinajstić information content (AvgIpc) is 2.84. The zero-order valence-corrected chi connectivity index (χ0v) is 16.3. The first-order valence-electron chi connectivity index (χ1n) is 6.88. The van der Waals surface area contributed by atoms with Crippen molar-refractivity contribution in [2.45, 2.75) is 39.5 Å². The minimum absolute atomic E-state index is 0. The zero-order chi connectivity index (χ0) is 15.0. The van der Waals surface area contributed by atoms with Crippen LogP contribution < -0.4 is 10.6 Å². The summed E-state index contributed by atoms with van der Waals surface area (Å²) in [5, 5.41) is 9.50. The van der Waals surface area contributed by atoms with Gasteiger partial charge in [-0.2, -0.15) is 0 Å². The van der Waals surface area contributed by atoms with Gasteiger partial charge < -0.3 is 10.6 Å². The Hall–Kier alpha value is -0.810. The molecule has 2 N–H and O–H groups in total. The quantitative estimate of drug-likeness (QED) is 0.333. The van der Waals surface area contributed by atoms with E-state index in [9.17, 15) is 0 Å². The molecular weight excluding hydrogens is 395 g/mol. The summed E-state index contributed by atoms with van der Waals surface area (Å²) in [6, 6.07) is 0. The van der Waals surface area contributed by atoms with Gasteiger partial charge >= 0.3 is 0 Å². The van der Waals surface area contributed by atoms with Gasteiger partial charge in [0, 0.05) is 30.3 Å². The highest BCUT2D eigenvalue weighted by Gasteiger charge is 2.17. The minimum atomic E-state index is 0. The number of guanidine groups is 1. The van der Waals surface area contributed by atoms with E-state index in [1.807, 2.05) is 6.92 Å². The Morgan fingerprint density at radius 3 is 2.67 bits per heavy atom. The standard InChI is InChI=1S/C15H24N4S.HI/c1-6-9-17-14(16-7-2)18-10-8-13-19-12(11-20-13)15(3,4)5;/h1,11H,7-10H2,2-5H3,(H2,16,17,18);1H. The number of aliphatic imine (C=N–C) groups is 1. The molecule has 0 saturated carbocycles. The van der Waals surface area contributed by atoms with Crippen LogP contribution in [0, 0.1) is 12.3 Å². The predicted octanol–water partition coefficient (Wildman–Crippen LogP) is 2.79. The van der Waals surface area contributed by atoms with E-state index in [-0.39, 0.29) is 29.4 Å². The van der Waals surface area contributed by atoms with E-state index < -0.39 is 0 Å². The molecule has 0 aliphatic rings. The monoisotopic (exact) mass is 420 g/mol. The van der Waals surface area contributed by atoms with Gasteiger partial charge in [0.25, 0.3) is 0 Å². The van der Waals surface area contributed by atoms with Gasteiger partial charge in [-0.15, -0.1) is 41.7 Å². The molecule has 4 nitrogen and oxygen atoms in total. The summed E-state index contributed by atoms with van der Waals surface area (Å²) < 4.78 is 0. The lowest BCUT2D eigenvalue weighted by Gasteiger charge is -2.14. The number of nitrogens with one attached hydrogen (secondary N) is 2. The SMILES string of the molecule is C#CCNC(=NCCc1nc(C(C)(C)C)cs1)NCC.I. The van der Waals surface area contributed by atoms with Crippen molar-refractivity contribution < 1.29 is 0 Å². The van der Waals surface area contributed by atoms with Gasteiger partial charge in [-0.3, -0.25) is 4.99 Å².